The van der Waals surface area contributed by atoms with Gasteiger partial charge in [0.1, 0.15) is 11.5 Å². The third kappa shape index (κ3) is 3.77. The van der Waals surface area contributed by atoms with Crippen molar-refractivity contribution in [3.63, 3.8) is 0 Å². The predicted molar refractivity (Wildman–Crippen MR) is 113 cm³/mol. The van der Waals surface area contributed by atoms with Crippen LogP contribution < -0.4 is 4.74 Å². The molecule has 0 spiro atoms. The molecule has 0 radical (unpaired) electrons. The van der Waals surface area contributed by atoms with E-state index < -0.39 is 17.7 Å². The molecule has 5 heteroatoms. The highest BCUT2D eigenvalue weighted by molar-refractivity contribution is 6.46. The van der Waals surface area contributed by atoms with Gasteiger partial charge in [0.2, 0.25) is 0 Å². The number of ketones is 1. The average Bonchev–Trinajstić information content (AvgIpc) is 2.98. The SMILES string of the molecule is CCCCN1C(=O)C(=O)/C(=C(/O)c2cc(C)c(OC)cc2C)C1c1ccccc1. The highest BCUT2D eigenvalue weighted by Gasteiger charge is 2.45. The number of hydrogen-bond donors (Lipinski definition) is 1. The zero-order valence-electron chi connectivity index (χ0n) is 17.4. The second kappa shape index (κ2) is 8.52. The third-order valence-corrected chi connectivity index (χ3v) is 5.40. The monoisotopic (exact) mass is 393 g/mol. The number of benzene rings is 2. The number of aliphatic hydroxyl groups is 1. The molecule has 0 saturated carbocycles. The number of nitrogens with zero attached hydrogens (tertiary/aromatic N) is 1. The number of aryl methyl sites for hydroxylation is 2. The van der Waals surface area contributed by atoms with Crippen molar-refractivity contribution in [1.82, 2.24) is 4.90 Å². The lowest BCUT2D eigenvalue weighted by molar-refractivity contribution is -0.139. The minimum atomic E-state index is -0.639. The Morgan fingerprint density at radius 2 is 1.79 bits per heavy atom. The lowest BCUT2D eigenvalue weighted by atomic mass is 9.93. The van der Waals surface area contributed by atoms with Crippen LogP contribution in [0.5, 0.6) is 5.75 Å². The van der Waals surface area contributed by atoms with Gasteiger partial charge in [-0.15, -0.1) is 0 Å². The van der Waals surface area contributed by atoms with Crippen molar-refractivity contribution in [2.75, 3.05) is 13.7 Å². The summed E-state index contributed by atoms with van der Waals surface area (Å²) in [7, 11) is 1.59. The van der Waals surface area contributed by atoms with Crippen LogP contribution in [0, 0.1) is 13.8 Å². The lowest BCUT2D eigenvalue weighted by Gasteiger charge is -2.25. The molecule has 1 unspecified atom stereocenters. The molecule has 1 atom stereocenters. The summed E-state index contributed by atoms with van der Waals surface area (Å²) in [5, 5.41) is 11.2. The van der Waals surface area contributed by atoms with Gasteiger partial charge in [-0.05, 0) is 49.1 Å². The molecule has 1 fully saturated rings. The van der Waals surface area contributed by atoms with Gasteiger partial charge in [-0.3, -0.25) is 9.59 Å². The first-order valence-electron chi connectivity index (χ1n) is 9.89. The Labute approximate surface area is 171 Å². The van der Waals surface area contributed by atoms with Gasteiger partial charge in [0.15, 0.2) is 0 Å². The molecule has 1 aliphatic rings. The van der Waals surface area contributed by atoms with E-state index in [1.807, 2.05) is 57.2 Å². The van der Waals surface area contributed by atoms with Crippen LogP contribution in [-0.2, 0) is 9.59 Å². The summed E-state index contributed by atoms with van der Waals surface area (Å²) >= 11 is 0. The molecule has 1 N–H and O–H groups in total. The van der Waals surface area contributed by atoms with E-state index in [-0.39, 0.29) is 11.3 Å². The van der Waals surface area contributed by atoms with Gasteiger partial charge in [0.25, 0.3) is 11.7 Å². The first-order chi connectivity index (χ1) is 13.9. The van der Waals surface area contributed by atoms with E-state index in [1.54, 1.807) is 18.1 Å². The van der Waals surface area contributed by atoms with E-state index in [2.05, 4.69) is 0 Å². The second-order valence-corrected chi connectivity index (χ2v) is 7.39. The standard InChI is InChI=1S/C24H27NO4/c1-5-6-12-25-21(17-10-8-7-9-11-17)20(23(27)24(25)28)22(26)18-13-16(3)19(29-4)14-15(18)2/h7-11,13-14,21,26H,5-6,12H2,1-4H3/b22-20+. The van der Waals surface area contributed by atoms with Crippen molar-refractivity contribution in [2.24, 2.45) is 0 Å². The van der Waals surface area contributed by atoms with Crippen molar-refractivity contribution in [2.45, 2.75) is 39.7 Å². The van der Waals surface area contributed by atoms with Crippen LogP contribution in [-0.4, -0.2) is 35.4 Å². The molecule has 2 aromatic carbocycles. The largest absolute Gasteiger partial charge is 0.507 e. The van der Waals surface area contributed by atoms with Crippen molar-refractivity contribution >= 4 is 17.4 Å². The van der Waals surface area contributed by atoms with Gasteiger partial charge in [0, 0.05) is 12.1 Å². The van der Waals surface area contributed by atoms with E-state index in [0.717, 1.165) is 29.5 Å². The van der Waals surface area contributed by atoms with E-state index >= 15 is 0 Å². The lowest BCUT2D eigenvalue weighted by Crippen LogP contribution is -2.30. The molecule has 3 rings (SSSR count). The molecule has 2 aromatic rings. The second-order valence-electron chi connectivity index (χ2n) is 7.39. The fourth-order valence-corrected chi connectivity index (χ4v) is 3.83. The quantitative estimate of drug-likeness (QED) is 0.445. The van der Waals surface area contributed by atoms with Gasteiger partial charge < -0.3 is 14.7 Å². The Morgan fingerprint density at radius 1 is 1.10 bits per heavy atom. The Hall–Kier alpha value is -3.08. The maximum atomic E-state index is 13.0. The summed E-state index contributed by atoms with van der Waals surface area (Å²) in [6.45, 7) is 6.24. The summed E-state index contributed by atoms with van der Waals surface area (Å²) in [6, 6.07) is 12.4. The molecule has 0 aromatic heterocycles. The molecule has 0 bridgehead atoms. The molecule has 1 aliphatic heterocycles. The van der Waals surface area contributed by atoms with Crippen LogP contribution >= 0.6 is 0 Å². The molecule has 1 amide bonds. The molecule has 1 heterocycles. The maximum absolute atomic E-state index is 13.0. The van der Waals surface area contributed by atoms with E-state index in [0.29, 0.717) is 17.9 Å². The first-order valence-corrected chi connectivity index (χ1v) is 9.89. The van der Waals surface area contributed by atoms with Crippen LogP contribution in [0.2, 0.25) is 0 Å². The summed E-state index contributed by atoms with van der Waals surface area (Å²) < 4.78 is 5.35. The Balaban J connectivity index is 2.20. The molecule has 29 heavy (non-hydrogen) atoms. The number of rotatable bonds is 6. The van der Waals surface area contributed by atoms with Crippen LogP contribution in [0.25, 0.3) is 5.76 Å². The Kier molecular flexibility index (Phi) is 6.06. The molecule has 0 aliphatic carbocycles. The van der Waals surface area contributed by atoms with E-state index in [9.17, 15) is 14.7 Å². The number of Topliss-reactive ketones (excluding diaryl/α,β-unsaturated/α-hetero) is 1. The van der Waals surface area contributed by atoms with Crippen molar-refractivity contribution < 1.29 is 19.4 Å². The van der Waals surface area contributed by atoms with Crippen LogP contribution in [0.3, 0.4) is 0 Å². The summed E-state index contributed by atoms with van der Waals surface area (Å²) in [4.78, 5) is 27.3. The smallest absolute Gasteiger partial charge is 0.295 e. The number of amides is 1. The third-order valence-electron chi connectivity index (χ3n) is 5.40. The first kappa shape index (κ1) is 20.6. The van der Waals surface area contributed by atoms with Gasteiger partial charge in [-0.1, -0.05) is 43.7 Å². The summed E-state index contributed by atoms with van der Waals surface area (Å²) in [5.41, 5.74) is 3.11. The zero-order valence-corrected chi connectivity index (χ0v) is 17.4. The zero-order chi connectivity index (χ0) is 21.1. The van der Waals surface area contributed by atoms with Crippen molar-refractivity contribution in [3.8, 4) is 5.75 Å². The Morgan fingerprint density at radius 3 is 2.41 bits per heavy atom. The van der Waals surface area contributed by atoms with Gasteiger partial charge in [-0.2, -0.15) is 0 Å². The van der Waals surface area contributed by atoms with Gasteiger partial charge in [-0.25, -0.2) is 0 Å². The molecular weight excluding hydrogens is 366 g/mol. The number of methoxy groups -OCH3 is 1. The average molecular weight is 393 g/mol. The number of ether oxygens (including phenoxy) is 1. The van der Waals surface area contributed by atoms with Gasteiger partial charge >= 0.3 is 0 Å². The molecule has 5 nitrogen and oxygen atoms in total. The minimum Gasteiger partial charge on any atom is -0.507 e. The fraction of sp³-hybridized carbons (Fsp3) is 0.333. The number of carbonyl (C=O) groups is 2. The summed E-state index contributed by atoms with van der Waals surface area (Å²) in [6.07, 6.45) is 1.69. The number of aliphatic hydroxyl groups excluding tert-OH is 1. The van der Waals surface area contributed by atoms with E-state index in [1.165, 1.54) is 0 Å². The fourth-order valence-electron chi connectivity index (χ4n) is 3.83. The predicted octanol–water partition coefficient (Wildman–Crippen LogP) is 4.53. The van der Waals surface area contributed by atoms with Crippen LogP contribution in [0.1, 0.15) is 48.1 Å². The van der Waals surface area contributed by atoms with E-state index in [4.69, 9.17) is 4.74 Å². The number of unbranched alkanes of at least 4 members (excludes halogenated alkanes) is 1. The Bertz CT molecular complexity index is 962. The van der Waals surface area contributed by atoms with Crippen LogP contribution in [0.4, 0.5) is 0 Å². The van der Waals surface area contributed by atoms with Gasteiger partial charge in [0.05, 0.1) is 18.7 Å². The minimum absolute atomic E-state index is 0.139. The highest BCUT2D eigenvalue weighted by Crippen LogP contribution is 2.40. The molecule has 152 valence electrons. The number of hydrogen-bond acceptors (Lipinski definition) is 4. The topological polar surface area (TPSA) is 66.8 Å². The summed E-state index contributed by atoms with van der Waals surface area (Å²) in [5.74, 6) is -0.626. The van der Waals surface area contributed by atoms with Crippen molar-refractivity contribution in [3.05, 3.63) is 70.3 Å². The number of likely N-dealkylation sites (tertiary alicyclic amines) is 1. The molecule has 1 saturated heterocycles. The maximum Gasteiger partial charge on any atom is 0.295 e. The normalized spacial score (nSPS) is 18.3. The highest BCUT2D eigenvalue weighted by atomic mass is 16.5. The van der Waals surface area contributed by atoms with Crippen LogP contribution in [0.15, 0.2) is 48.0 Å². The number of carbonyl (C=O) groups excluding carboxylic acids is 2. The molecular formula is C24H27NO4. The van der Waals surface area contributed by atoms with Crippen molar-refractivity contribution in [1.29, 1.82) is 0 Å².